The van der Waals surface area contributed by atoms with Crippen LogP contribution < -0.4 is 4.90 Å². The molecule has 0 saturated carbocycles. The zero-order valence-electron chi connectivity index (χ0n) is 9.60. The first-order valence-corrected chi connectivity index (χ1v) is 6.69. The van der Waals surface area contributed by atoms with Crippen molar-refractivity contribution in [1.29, 1.82) is 0 Å². The van der Waals surface area contributed by atoms with Crippen LogP contribution >= 0.6 is 22.7 Å². The molecule has 0 N–H and O–H groups in total. The van der Waals surface area contributed by atoms with Crippen molar-refractivity contribution < 1.29 is 0 Å². The zero-order chi connectivity index (χ0) is 11.5. The van der Waals surface area contributed by atoms with Crippen molar-refractivity contribution in [3.8, 4) is 0 Å². The lowest BCUT2D eigenvalue weighted by Gasteiger charge is -2.05. The Balaban J connectivity index is 1.94. The van der Waals surface area contributed by atoms with E-state index >= 15 is 0 Å². The van der Waals surface area contributed by atoms with E-state index in [4.69, 9.17) is 0 Å². The number of nitrogens with zero attached hydrogens (tertiary/aromatic N) is 4. The van der Waals surface area contributed by atoms with Gasteiger partial charge in [0, 0.05) is 31.6 Å². The number of aryl methyl sites for hydroxylation is 3. The fourth-order valence-electron chi connectivity index (χ4n) is 1.29. The Kier molecular flexibility index (Phi) is 3.50. The Morgan fingerprint density at radius 3 is 2.56 bits per heavy atom. The van der Waals surface area contributed by atoms with E-state index in [9.17, 15) is 0 Å². The molecule has 0 aliphatic heterocycles. The summed E-state index contributed by atoms with van der Waals surface area (Å²) in [6.45, 7) is 1.98. The molecule has 0 aliphatic carbocycles. The summed E-state index contributed by atoms with van der Waals surface area (Å²) in [4.78, 5) is 7.68. The molecule has 4 nitrogen and oxygen atoms in total. The minimum Gasteiger partial charge on any atom is -0.354 e. The average molecular weight is 254 g/mol. The van der Waals surface area contributed by atoms with Crippen LogP contribution in [-0.4, -0.2) is 29.3 Å². The summed E-state index contributed by atoms with van der Waals surface area (Å²) in [5, 5.41) is 11.3. The number of anilines is 1. The Morgan fingerprint density at radius 1 is 1.19 bits per heavy atom. The van der Waals surface area contributed by atoms with E-state index in [1.165, 1.54) is 4.88 Å². The molecule has 0 aliphatic rings. The van der Waals surface area contributed by atoms with Crippen LogP contribution in [0.5, 0.6) is 0 Å². The average Bonchev–Trinajstić information content (AvgIpc) is 2.83. The number of aromatic nitrogens is 3. The van der Waals surface area contributed by atoms with Crippen LogP contribution in [0.4, 0.5) is 5.13 Å². The topological polar surface area (TPSA) is 41.9 Å². The van der Waals surface area contributed by atoms with E-state index in [0.29, 0.717) is 0 Å². The van der Waals surface area contributed by atoms with Crippen molar-refractivity contribution in [3.63, 3.8) is 0 Å². The molecule has 6 heteroatoms. The first-order valence-electron chi connectivity index (χ1n) is 5.06. The van der Waals surface area contributed by atoms with Gasteiger partial charge in [0.25, 0.3) is 0 Å². The van der Waals surface area contributed by atoms with Gasteiger partial charge >= 0.3 is 0 Å². The lowest BCUT2D eigenvalue weighted by Crippen LogP contribution is -2.07. The summed E-state index contributed by atoms with van der Waals surface area (Å²) in [5.41, 5.74) is 0. The highest BCUT2D eigenvalue weighted by atomic mass is 32.1. The smallest absolute Gasteiger partial charge is 0.184 e. The molecule has 0 atom stereocenters. The van der Waals surface area contributed by atoms with Crippen LogP contribution in [-0.2, 0) is 12.8 Å². The molecule has 2 rings (SSSR count). The van der Waals surface area contributed by atoms with E-state index < -0.39 is 0 Å². The highest BCUT2D eigenvalue weighted by molar-refractivity contribution is 7.15. The molecule has 0 amide bonds. The molecule has 0 bridgehead atoms. The summed E-state index contributed by atoms with van der Waals surface area (Å²) in [5.74, 6) is 0. The molecule has 0 unspecified atom stereocenters. The molecule has 16 heavy (non-hydrogen) atoms. The van der Waals surface area contributed by atoms with Gasteiger partial charge in [-0.2, -0.15) is 0 Å². The second kappa shape index (κ2) is 4.88. The fraction of sp³-hybridized carbons (Fsp3) is 0.500. The molecule has 0 radical (unpaired) electrons. The van der Waals surface area contributed by atoms with Gasteiger partial charge in [-0.25, -0.2) is 4.98 Å². The highest BCUT2D eigenvalue weighted by Gasteiger charge is 2.05. The largest absolute Gasteiger partial charge is 0.354 e. The monoisotopic (exact) mass is 254 g/mol. The molecule has 2 aromatic heterocycles. The number of hydrogen-bond acceptors (Lipinski definition) is 6. The molecule has 0 fully saturated rings. The van der Waals surface area contributed by atoms with Crippen LogP contribution in [0, 0.1) is 6.92 Å². The fourth-order valence-corrected chi connectivity index (χ4v) is 2.83. The quantitative estimate of drug-likeness (QED) is 0.838. The first kappa shape index (κ1) is 11.5. The summed E-state index contributed by atoms with van der Waals surface area (Å²) in [7, 11) is 4.02. The Labute approximate surface area is 103 Å². The van der Waals surface area contributed by atoms with Gasteiger partial charge in [-0.3, -0.25) is 0 Å². The van der Waals surface area contributed by atoms with Gasteiger partial charge in [-0.05, 0) is 13.3 Å². The molecular formula is C10H14N4S2. The van der Waals surface area contributed by atoms with Crippen molar-refractivity contribution in [2.75, 3.05) is 19.0 Å². The zero-order valence-corrected chi connectivity index (χ0v) is 11.2. The van der Waals surface area contributed by atoms with Crippen molar-refractivity contribution in [3.05, 3.63) is 21.1 Å². The third-order valence-corrected chi connectivity index (χ3v) is 4.20. The van der Waals surface area contributed by atoms with Gasteiger partial charge < -0.3 is 4.90 Å². The summed E-state index contributed by atoms with van der Waals surface area (Å²) in [6, 6.07) is 0. The van der Waals surface area contributed by atoms with E-state index in [-0.39, 0.29) is 0 Å². The summed E-state index contributed by atoms with van der Waals surface area (Å²) < 4.78 is 0. The van der Waals surface area contributed by atoms with Crippen LogP contribution in [0.1, 0.15) is 14.9 Å². The molecule has 0 saturated heterocycles. The molecular weight excluding hydrogens is 240 g/mol. The Bertz CT molecular complexity index is 461. The van der Waals surface area contributed by atoms with Gasteiger partial charge in [0.05, 0.1) is 0 Å². The lowest BCUT2D eigenvalue weighted by molar-refractivity contribution is 0.906. The Hall–Kier alpha value is -1.01. The third kappa shape index (κ3) is 2.76. The van der Waals surface area contributed by atoms with Gasteiger partial charge in [0.1, 0.15) is 10.0 Å². The third-order valence-electron chi connectivity index (χ3n) is 2.08. The number of thiazole rings is 1. The maximum Gasteiger partial charge on any atom is 0.184 e. The highest BCUT2D eigenvalue weighted by Crippen LogP contribution is 2.22. The van der Waals surface area contributed by atoms with E-state index in [0.717, 1.165) is 28.0 Å². The SMILES string of the molecule is Cc1nnc(CCc2cnc(N(C)C)s2)s1. The predicted octanol–water partition coefficient (Wildman–Crippen LogP) is 2.15. The van der Waals surface area contributed by atoms with E-state index in [1.54, 1.807) is 22.7 Å². The van der Waals surface area contributed by atoms with Crippen LogP contribution in [0.2, 0.25) is 0 Å². The van der Waals surface area contributed by atoms with Crippen molar-refractivity contribution in [1.82, 2.24) is 15.2 Å². The molecule has 86 valence electrons. The van der Waals surface area contributed by atoms with Gasteiger partial charge in [0.2, 0.25) is 0 Å². The predicted molar refractivity (Wildman–Crippen MR) is 68.5 cm³/mol. The van der Waals surface area contributed by atoms with E-state index in [1.807, 2.05) is 32.1 Å². The van der Waals surface area contributed by atoms with Crippen molar-refractivity contribution >= 4 is 27.8 Å². The maximum atomic E-state index is 4.34. The van der Waals surface area contributed by atoms with Gasteiger partial charge in [0.15, 0.2) is 5.13 Å². The van der Waals surface area contributed by atoms with Crippen LogP contribution in [0.15, 0.2) is 6.20 Å². The van der Waals surface area contributed by atoms with Gasteiger partial charge in [-0.1, -0.05) is 0 Å². The van der Waals surface area contributed by atoms with Crippen molar-refractivity contribution in [2.24, 2.45) is 0 Å². The minimum atomic E-state index is 0.959. The van der Waals surface area contributed by atoms with Crippen LogP contribution in [0.3, 0.4) is 0 Å². The first-order chi connectivity index (χ1) is 7.65. The minimum absolute atomic E-state index is 0.959. The Morgan fingerprint density at radius 2 is 2.00 bits per heavy atom. The lowest BCUT2D eigenvalue weighted by atomic mass is 10.3. The van der Waals surface area contributed by atoms with Crippen LogP contribution in [0.25, 0.3) is 0 Å². The van der Waals surface area contributed by atoms with E-state index in [2.05, 4.69) is 15.2 Å². The molecule has 0 spiro atoms. The normalized spacial score (nSPS) is 10.7. The molecule has 2 heterocycles. The number of hydrogen-bond donors (Lipinski definition) is 0. The van der Waals surface area contributed by atoms with Crippen molar-refractivity contribution in [2.45, 2.75) is 19.8 Å². The summed E-state index contributed by atoms with van der Waals surface area (Å²) >= 11 is 3.41. The second-order valence-electron chi connectivity index (χ2n) is 3.72. The number of rotatable bonds is 4. The second-order valence-corrected chi connectivity index (χ2v) is 6.08. The molecule has 0 aromatic carbocycles. The molecule has 2 aromatic rings. The van der Waals surface area contributed by atoms with Gasteiger partial charge in [-0.15, -0.1) is 32.9 Å². The standard InChI is InChI=1S/C10H14N4S2/c1-7-12-13-9(15-7)5-4-8-6-11-10(16-8)14(2)3/h6H,4-5H2,1-3H3. The summed E-state index contributed by atoms with van der Waals surface area (Å²) in [6.07, 6.45) is 3.91. The maximum absolute atomic E-state index is 4.34.